The van der Waals surface area contributed by atoms with Crippen molar-refractivity contribution in [2.24, 2.45) is 35.0 Å². The van der Waals surface area contributed by atoms with Crippen molar-refractivity contribution in [3.63, 3.8) is 0 Å². The van der Waals surface area contributed by atoms with Gasteiger partial charge in [0, 0.05) is 0 Å². The van der Waals surface area contributed by atoms with Crippen molar-refractivity contribution in [3.05, 3.63) is 0 Å². The van der Waals surface area contributed by atoms with Gasteiger partial charge < -0.3 is 0 Å². The van der Waals surface area contributed by atoms with E-state index in [9.17, 15) is 0 Å². The molecule has 0 heterocycles. The second-order valence-corrected chi connectivity index (χ2v) is 7.76. The Bertz CT molecular complexity index is 229. The Morgan fingerprint density at radius 1 is 0.867 bits per heavy atom. The summed E-state index contributed by atoms with van der Waals surface area (Å²) in [5.41, 5.74) is 0.558. The first-order valence-electron chi connectivity index (χ1n) is 7.03. The van der Waals surface area contributed by atoms with Crippen LogP contribution in [0.1, 0.15) is 59.3 Å². The van der Waals surface area contributed by atoms with E-state index >= 15 is 0 Å². The summed E-state index contributed by atoms with van der Waals surface area (Å²) in [6.07, 6.45) is 9.41. The van der Waals surface area contributed by atoms with E-state index in [-0.39, 0.29) is 0 Å². The van der Waals surface area contributed by atoms with Crippen molar-refractivity contribution in [3.8, 4) is 0 Å². The zero-order valence-corrected chi connectivity index (χ0v) is 10.6. The fraction of sp³-hybridized carbons (Fsp3) is 1.00. The molecule has 86 valence electrons. The molecule has 15 heavy (non-hydrogen) atoms. The molecule has 3 aliphatic carbocycles. The van der Waals surface area contributed by atoms with Crippen LogP contribution >= 0.6 is 0 Å². The number of rotatable bonds is 1. The Kier molecular flexibility index (Phi) is 2.20. The maximum atomic E-state index is 2.41. The van der Waals surface area contributed by atoms with E-state index in [1.165, 1.54) is 6.42 Å². The van der Waals surface area contributed by atoms with Gasteiger partial charge in [-0.1, -0.05) is 20.8 Å². The van der Waals surface area contributed by atoms with Crippen molar-refractivity contribution >= 4 is 0 Å². The van der Waals surface area contributed by atoms with E-state index in [0.717, 1.165) is 29.6 Å². The van der Waals surface area contributed by atoms with Gasteiger partial charge >= 0.3 is 0 Å². The first-order valence-corrected chi connectivity index (χ1v) is 7.03. The van der Waals surface area contributed by atoms with E-state index in [1.54, 1.807) is 32.1 Å². The highest BCUT2D eigenvalue weighted by Gasteiger charge is 2.51. The molecule has 4 unspecified atom stereocenters. The first kappa shape index (κ1) is 10.2. The molecule has 0 aromatic heterocycles. The molecule has 0 N–H and O–H groups in total. The summed E-state index contributed by atoms with van der Waals surface area (Å²) in [6.45, 7) is 7.24. The highest BCUT2D eigenvalue weighted by molar-refractivity contribution is 5.01. The topological polar surface area (TPSA) is 0 Å². The molecule has 3 fully saturated rings. The minimum atomic E-state index is 0.558. The Labute approximate surface area is 94.8 Å². The molecule has 2 bridgehead atoms. The molecule has 0 spiro atoms. The molecule has 0 heteroatoms. The molecule has 0 radical (unpaired) electrons. The van der Waals surface area contributed by atoms with Crippen molar-refractivity contribution in [1.82, 2.24) is 0 Å². The van der Waals surface area contributed by atoms with Crippen LogP contribution in [0.15, 0.2) is 0 Å². The summed E-state index contributed by atoms with van der Waals surface area (Å²) in [5, 5.41) is 0. The average molecular weight is 206 g/mol. The first-order chi connectivity index (χ1) is 7.03. The third-order valence-electron chi connectivity index (χ3n) is 5.39. The summed E-state index contributed by atoms with van der Waals surface area (Å²) >= 11 is 0. The van der Waals surface area contributed by atoms with E-state index in [4.69, 9.17) is 0 Å². The van der Waals surface area contributed by atoms with Gasteiger partial charge in [0.25, 0.3) is 0 Å². The predicted octanol–water partition coefficient (Wildman–Crippen LogP) is 4.49. The second kappa shape index (κ2) is 3.25. The van der Waals surface area contributed by atoms with Gasteiger partial charge in [0.2, 0.25) is 0 Å². The Hall–Kier alpha value is 0. The summed E-state index contributed by atoms with van der Waals surface area (Å²) in [4.78, 5) is 0. The highest BCUT2D eigenvalue weighted by Crippen LogP contribution is 2.61. The fourth-order valence-corrected chi connectivity index (χ4v) is 5.16. The van der Waals surface area contributed by atoms with Gasteiger partial charge in [0.1, 0.15) is 0 Å². The lowest BCUT2D eigenvalue weighted by atomic mass is 9.82. The average Bonchev–Trinajstić information content (AvgIpc) is 2.67. The summed E-state index contributed by atoms with van der Waals surface area (Å²) in [6, 6.07) is 0. The maximum Gasteiger partial charge on any atom is -0.0352 e. The molecule has 3 rings (SSSR count). The molecule has 0 aromatic carbocycles. The molecular formula is C15H26. The second-order valence-electron chi connectivity index (χ2n) is 7.76. The molecule has 3 saturated carbocycles. The molecule has 4 atom stereocenters. The third kappa shape index (κ3) is 1.74. The van der Waals surface area contributed by atoms with Crippen LogP contribution in [0.4, 0.5) is 0 Å². The lowest BCUT2D eigenvalue weighted by Gasteiger charge is -2.23. The molecule has 0 nitrogen and oxygen atoms in total. The largest absolute Gasteiger partial charge is 0.0602 e. The predicted molar refractivity (Wildman–Crippen MR) is 64.6 cm³/mol. The van der Waals surface area contributed by atoms with Gasteiger partial charge in [-0.2, -0.15) is 0 Å². The van der Waals surface area contributed by atoms with Crippen LogP contribution in [-0.4, -0.2) is 0 Å². The zero-order valence-electron chi connectivity index (χ0n) is 10.6. The van der Waals surface area contributed by atoms with Gasteiger partial charge in [-0.05, 0) is 73.5 Å². The molecule has 0 saturated heterocycles. The summed E-state index contributed by atoms with van der Waals surface area (Å²) in [7, 11) is 0. The highest BCUT2D eigenvalue weighted by atomic mass is 14.6. The maximum absolute atomic E-state index is 2.41. The van der Waals surface area contributed by atoms with Crippen LogP contribution in [0.5, 0.6) is 0 Å². The van der Waals surface area contributed by atoms with Crippen LogP contribution in [0.2, 0.25) is 0 Å². The van der Waals surface area contributed by atoms with Gasteiger partial charge in [0.15, 0.2) is 0 Å². The SMILES string of the molecule is CC(C)(C)CC1CC2C3CCC(C3)C2C1. The molecular weight excluding hydrogens is 180 g/mol. The minimum absolute atomic E-state index is 0.558. The summed E-state index contributed by atoms with van der Waals surface area (Å²) in [5.74, 6) is 5.71. The van der Waals surface area contributed by atoms with Crippen molar-refractivity contribution in [2.45, 2.75) is 59.3 Å². The van der Waals surface area contributed by atoms with E-state index in [1.807, 2.05) is 0 Å². The van der Waals surface area contributed by atoms with Gasteiger partial charge in [-0.15, -0.1) is 0 Å². The zero-order chi connectivity index (χ0) is 10.6. The number of hydrogen-bond acceptors (Lipinski definition) is 0. The number of fused-ring (bicyclic) bond motifs is 5. The molecule has 0 aliphatic heterocycles. The van der Waals surface area contributed by atoms with Crippen molar-refractivity contribution in [2.75, 3.05) is 0 Å². The van der Waals surface area contributed by atoms with E-state index in [0.29, 0.717) is 5.41 Å². The molecule has 0 amide bonds. The molecule has 0 aromatic rings. The van der Waals surface area contributed by atoms with Crippen LogP contribution in [-0.2, 0) is 0 Å². The standard InChI is InChI=1S/C15H26/c1-15(2,3)9-10-6-13-11-4-5-12(8-11)14(13)7-10/h10-14H,4-9H2,1-3H3. The van der Waals surface area contributed by atoms with Crippen LogP contribution in [0.3, 0.4) is 0 Å². The van der Waals surface area contributed by atoms with E-state index in [2.05, 4.69) is 20.8 Å². The van der Waals surface area contributed by atoms with Crippen molar-refractivity contribution < 1.29 is 0 Å². The molecule has 3 aliphatic rings. The fourth-order valence-electron chi connectivity index (χ4n) is 5.16. The van der Waals surface area contributed by atoms with Gasteiger partial charge in [-0.3, -0.25) is 0 Å². The Morgan fingerprint density at radius 3 is 1.87 bits per heavy atom. The van der Waals surface area contributed by atoms with Crippen LogP contribution in [0.25, 0.3) is 0 Å². The van der Waals surface area contributed by atoms with E-state index < -0.39 is 0 Å². The Morgan fingerprint density at radius 2 is 1.40 bits per heavy atom. The van der Waals surface area contributed by atoms with Crippen LogP contribution < -0.4 is 0 Å². The quantitative estimate of drug-likeness (QED) is 0.593. The minimum Gasteiger partial charge on any atom is -0.0602 e. The smallest absolute Gasteiger partial charge is 0.0352 e. The lowest BCUT2D eigenvalue weighted by Crippen LogP contribution is -2.15. The van der Waals surface area contributed by atoms with Gasteiger partial charge in [0.05, 0.1) is 0 Å². The van der Waals surface area contributed by atoms with Crippen molar-refractivity contribution in [1.29, 1.82) is 0 Å². The monoisotopic (exact) mass is 206 g/mol. The number of hydrogen-bond donors (Lipinski definition) is 0. The summed E-state index contributed by atoms with van der Waals surface area (Å²) < 4.78 is 0. The Balaban J connectivity index is 1.65. The van der Waals surface area contributed by atoms with Crippen LogP contribution in [0, 0.1) is 35.0 Å². The van der Waals surface area contributed by atoms with Gasteiger partial charge in [-0.25, -0.2) is 0 Å². The lowest BCUT2D eigenvalue weighted by molar-refractivity contribution is 0.259. The third-order valence-corrected chi connectivity index (χ3v) is 5.39. The normalized spacial score (nSPS) is 48.6.